The zero-order valence-electron chi connectivity index (χ0n) is 15.0. The van der Waals surface area contributed by atoms with Crippen molar-refractivity contribution in [1.82, 2.24) is 30.8 Å². The van der Waals surface area contributed by atoms with Gasteiger partial charge in [-0.3, -0.25) is 4.79 Å². The van der Waals surface area contributed by atoms with Crippen molar-refractivity contribution < 1.29 is 4.79 Å². The molecule has 4 N–H and O–H groups in total. The van der Waals surface area contributed by atoms with Gasteiger partial charge in [-0.05, 0) is 31.8 Å². The number of nitrogens with one attached hydrogen (secondary N) is 4. The molecule has 3 heterocycles. The first-order valence-electron chi connectivity index (χ1n) is 8.73. The van der Waals surface area contributed by atoms with E-state index in [0.717, 1.165) is 32.5 Å². The van der Waals surface area contributed by atoms with E-state index in [4.69, 9.17) is 5.26 Å². The molecule has 0 spiro atoms. The van der Waals surface area contributed by atoms with Gasteiger partial charge in [-0.15, -0.1) is 10.2 Å². The van der Waals surface area contributed by atoms with Gasteiger partial charge < -0.3 is 21.3 Å². The molecule has 0 aromatic carbocycles. The summed E-state index contributed by atoms with van der Waals surface area (Å²) >= 11 is 0. The fourth-order valence-corrected chi connectivity index (χ4v) is 2.81. The summed E-state index contributed by atoms with van der Waals surface area (Å²) in [6.45, 7) is 2.74. The molecule has 2 aromatic rings. The van der Waals surface area contributed by atoms with Crippen molar-refractivity contribution in [2.45, 2.75) is 12.8 Å². The van der Waals surface area contributed by atoms with Crippen LogP contribution in [0.3, 0.4) is 0 Å². The Labute approximate surface area is 156 Å². The van der Waals surface area contributed by atoms with E-state index in [-0.39, 0.29) is 17.3 Å². The second-order valence-corrected chi connectivity index (χ2v) is 6.19. The summed E-state index contributed by atoms with van der Waals surface area (Å²) in [7, 11) is 1.55. The zero-order chi connectivity index (χ0) is 19.1. The summed E-state index contributed by atoms with van der Waals surface area (Å²) in [5.41, 5.74) is 1.06. The Morgan fingerprint density at radius 2 is 2.22 bits per heavy atom. The minimum Gasteiger partial charge on any atom is -0.383 e. The summed E-state index contributed by atoms with van der Waals surface area (Å²) in [4.78, 5) is 20.1. The Kier molecular flexibility index (Phi) is 6.06. The van der Waals surface area contributed by atoms with Crippen LogP contribution in [0.2, 0.25) is 0 Å². The second kappa shape index (κ2) is 8.86. The predicted octanol–water partition coefficient (Wildman–Crippen LogP) is 0.653. The third-order valence-corrected chi connectivity index (χ3v) is 4.24. The van der Waals surface area contributed by atoms with Gasteiger partial charge in [0.2, 0.25) is 0 Å². The van der Waals surface area contributed by atoms with Gasteiger partial charge in [0.15, 0.2) is 17.2 Å². The first-order valence-corrected chi connectivity index (χ1v) is 8.73. The molecule has 0 unspecified atom stereocenters. The van der Waals surface area contributed by atoms with E-state index < -0.39 is 0 Å². The van der Waals surface area contributed by atoms with Crippen molar-refractivity contribution in [3.63, 3.8) is 0 Å². The van der Waals surface area contributed by atoms with Crippen LogP contribution in [-0.2, 0) is 0 Å². The molecular weight excluding hydrogens is 346 g/mol. The maximum Gasteiger partial charge on any atom is 0.273 e. The number of carbonyl (C=O) groups is 1. The number of hydrogen-bond acceptors (Lipinski definition) is 9. The van der Waals surface area contributed by atoms with E-state index in [1.54, 1.807) is 13.1 Å². The van der Waals surface area contributed by atoms with Crippen LogP contribution in [0.4, 0.5) is 17.3 Å². The highest BCUT2D eigenvalue weighted by Gasteiger charge is 2.17. The van der Waals surface area contributed by atoms with Crippen LogP contribution < -0.4 is 21.3 Å². The van der Waals surface area contributed by atoms with Gasteiger partial charge in [0.1, 0.15) is 11.9 Å². The van der Waals surface area contributed by atoms with Crippen LogP contribution >= 0.6 is 0 Å². The van der Waals surface area contributed by atoms with Crippen LogP contribution in [0.25, 0.3) is 0 Å². The molecule has 1 saturated heterocycles. The molecular formula is C17H21N9O. The molecule has 3 rings (SSSR count). The molecule has 10 nitrogen and oxygen atoms in total. The highest BCUT2D eigenvalue weighted by Crippen LogP contribution is 2.20. The number of rotatable bonds is 6. The SMILES string of the molecule is CNC(=O)c1nnc(Nc2cnc(C#N)cn2)cc1NC[C@H]1CCCNC1. The van der Waals surface area contributed by atoms with Crippen molar-refractivity contribution in [1.29, 1.82) is 5.26 Å². The van der Waals surface area contributed by atoms with Crippen molar-refractivity contribution in [3.8, 4) is 6.07 Å². The average Bonchev–Trinajstić information content (AvgIpc) is 2.73. The molecule has 0 radical (unpaired) electrons. The Morgan fingerprint density at radius 3 is 2.89 bits per heavy atom. The minimum absolute atomic E-state index is 0.227. The van der Waals surface area contributed by atoms with Crippen LogP contribution in [0, 0.1) is 17.2 Å². The molecule has 10 heteroatoms. The van der Waals surface area contributed by atoms with Gasteiger partial charge in [0, 0.05) is 19.7 Å². The fourth-order valence-electron chi connectivity index (χ4n) is 2.81. The Morgan fingerprint density at radius 1 is 1.33 bits per heavy atom. The van der Waals surface area contributed by atoms with E-state index >= 15 is 0 Å². The topological polar surface area (TPSA) is 141 Å². The second-order valence-electron chi connectivity index (χ2n) is 6.19. The lowest BCUT2D eigenvalue weighted by atomic mass is 9.99. The minimum atomic E-state index is -0.309. The first kappa shape index (κ1) is 18.5. The summed E-state index contributed by atoms with van der Waals surface area (Å²) < 4.78 is 0. The van der Waals surface area contributed by atoms with E-state index in [2.05, 4.69) is 41.4 Å². The highest BCUT2D eigenvalue weighted by atomic mass is 16.1. The molecule has 2 aromatic heterocycles. The molecule has 0 aliphatic carbocycles. The van der Waals surface area contributed by atoms with Gasteiger partial charge in [0.25, 0.3) is 5.91 Å². The van der Waals surface area contributed by atoms with Gasteiger partial charge in [-0.1, -0.05) is 0 Å². The van der Waals surface area contributed by atoms with E-state index in [1.807, 2.05) is 6.07 Å². The smallest absolute Gasteiger partial charge is 0.273 e. The molecule has 27 heavy (non-hydrogen) atoms. The number of nitrogens with zero attached hydrogens (tertiary/aromatic N) is 5. The number of anilines is 3. The summed E-state index contributed by atoms with van der Waals surface area (Å²) in [6.07, 6.45) is 5.09. The molecule has 0 bridgehead atoms. The number of amides is 1. The van der Waals surface area contributed by atoms with E-state index in [0.29, 0.717) is 23.2 Å². The summed E-state index contributed by atoms with van der Waals surface area (Å²) in [5.74, 6) is 1.03. The third-order valence-electron chi connectivity index (χ3n) is 4.24. The Hall–Kier alpha value is -3.32. The molecule has 1 atom stereocenters. The van der Waals surface area contributed by atoms with Crippen LogP contribution in [0.1, 0.15) is 29.0 Å². The maximum absolute atomic E-state index is 12.1. The highest BCUT2D eigenvalue weighted by molar-refractivity contribution is 5.97. The summed E-state index contributed by atoms with van der Waals surface area (Å²) in [5, 5.41) is 29.1. The van der Waals surface area contributed by atoms with Crippen molar-refractivity contribution in [2.75, 3.05) is 37.3 Å². The van der Waals surface area contributed by atoms with Crippen molar-refractivity contribution >= 4 is 23.2 Å². The summed E-state index contributed by atoms with van der Waals surface area (Å²) in [6, 6.07) is 3.63. The zero-order valence-corrected chi connectivity index (χ0v) is 15.0. The Balaban J connectivity index is 1.76. The van der Waals surface area contributed by atoms with E-state index in [1.165, 1.54) is 12.4 Å². The van der Waals surface area contributed by atoms with Gasteiger partial charge in [-0.25, -0.2) is 9.97 Å². The van der Waals surface area contributed by atoms with Gasteiger partial charge >= 0.3 is 0 Å². The normalized spacial score (nSPS) is 16.2. The molecule has 1 aliphatic heterocycles. The number of nitriles is 1. The molecule has 0 saturated carbocycles. The number of piperidine rings is 1. The number of hydrogen-bond donors (Lipinski definition) is 4. The first-order chi connectivity index (χ1) is 13.2. The quantitative estimate of drug-likeness (QED) is 0.579. The standard InChI is InChI=1S/C17H21N9O/c1-19-17(27)16-13(22-8-11-3-2-4-20-7-11)5-14(25-26-16)24-15-10-21-12(6-18)9-23-15/h5,9-11,20H,2-4,7-8H2,1H3,(H,19,27)(H2,22,23,24,25)/t11-/m0/s1. The average molecular weight is 367 g/mol. The number of aromatic nitrogens is 4. The molecule has 1 aliphatic rings. The van der Waals surface area contributed by atoms with Crippen LogP contribution in [0.15, 0.2) is 18.5 Å². The number of carbonyl (C=O) groups excluding carboxylic acids is 1. The Bertz CT molecular complexity index is 825. The molecule has 1 amide bonds. The van der Waals surface area contributed by atoms with Crippen LogP contribution in [0.5, 0.6) is 0 Å². The lowest BCUT2D eigenvalue weighted by Crippen LogP contribution is -2.34. The van der Waals surface area contributed by atoms with Gasteiger partial charge in [-0.2, -0.15) is 5.26 Å². The molecule has 140 valence electrons. The molecule has 1 fully saturated rings. The van der Waals surface area contributed by atoms with Crippen LogP contribution in [-0.4, -0.2) is 52.8 Å². The largest absolute Gasteiger partial charge is 0.383 e. The lowest BCUT2D eigenvalue weighted by molar-refractivity contribution is 0.0958. The lowest BCUT2D eigenvalue weighted by Gasteiger charge is -2.23. The predicted molar refractivity (Wildman–Crippen MR) is 99.5 cm³/mol. The monoisotopic (exact) mass is 367 g/mol. The maximum atomic E-state index is 12.1. The van der Waals surface area contributed by atoms with Crippen molar-refractivity contribution in [2.24, 2.45) is 5.92 Å². The van der Waals surface area contributed by atoms with Gasteiger partial charge in [0.05, 0.1) is 18.1 Å². The van der Waals surface area contributed by atoms with Crippen molar-refractivity contribution in [3.05, 3.63) is 29.8 Å². The fraction of sp³-hybridized carbons (Fsp3) is 0.412. The third kappa shape index (κ3) is 4.86. The van der Waals surface area contributed by atoms with E-state index in [9.17, 15) is 4.79 Å².